The van der Waals surface area contributed by atoms with Crippen LogP contribution in [-0.2, 0) is 30.6 Å². The fourth-order valence-electron chi connectivity index (χ4n) is 4.25. The van der Waals surface area contributed by atoms with Crippen molar-refractivity contribution in [3.63, 3.8) is 0 Å². The van der Waals surface area contributed by atoms with Crippen LogP contribution in [0.5, 0.6) is 5.75 Å². The Morgan fingerprint density at radius 2 is 1.88 bits per heavy atom. The minimum Gasteiger partial charge on any atom is -0.462 e. The molecular weight excluding hydrogens is 602 g/mol. The third-order valence-electron chi connectivity index (χ3n) is 6.37. The lowest BCUT2D eigenvalue weighted by molar-refractivity contribution is -0.192. The molecule has 1 aliphatic rings. The SMILES string of the molecule is CC(C)OC(=O)[C@H](C)NP(=S)(OC[C@@]1(C(F)F)O[C@@H](n2ccc(=O)[nH]c2=O)[C@H](F)[C@@H]1O)Oc1ccc2ccccc2c1. The van der Waals surface area contributed by atoms with Gasteiger partial charge in [0, 0.05) is 12.3 Å². The van der Waals surface area contributed by atoms with Gasteiger partial charge in [0.2, 0.25) is 0 Å². The summed E-state index contributed by atoms with van der Waals surface area (Å²) >= 11 is 5.59. The second kappa shape index (κ2) is 12.7. The number of aromatic nitrogens is 2. The summed E-state index contributed by atoms with van der Waals surface area (Å²) in [4.78, 5) is 38.0. The highest BCUT2D eigenvalue weighted by Crippen LogP contribution is 2.50. The number of ether oxygens (including phenoxy) is 2. The van der Waals surface area contributed by atoms with Gasteiger partial charge in [-0.15, -0.1) is 0 Å². The molecule has 1 saturated heterocycles. The number of aliphatic hydroxyl groups is 1. The van der Waals surface area contributed by atoms with Gasteiger partial charge < -0.3 is 23.6 Å². The van der Waals surface area contributed by atoms with Gasteiger partial charge in [0.15, 0.2) is 18.0 Å². The molecular formula is C26H29F3N3O8PS. The Labute approximate surface area is 242 Å². The van der Waals surface area contributed by atoms with Gasteiger partial charge in [0.05, 0.1) is 12.7 Å². The van der Waals surface area contributed by atoms with Gasteiger partial charge in [-0.3, -0.25) is 19.1 Å². The summed E-state index contributed by atoms with van der Waals surface area (Å²) in [5.74, 6) is -0.555. The van der Waals surface area contributed by atoms with Crippen LogP contribution in [0.2, 0.25) is 0 Å². The molecule has 42 heavy (non-hydrogen) atoms. The van der Waals surface area contributed by atoms with Gasteiger partial charge in [0.25, 0.3) is 12.0 Å². The Kier molecular flexibility index (Phi) is 9.60. The molecule has 1 aliphatic heterocycles. The molecule has 2 heterocycles. The number of nitrogens with zero attached hydrogens (tertiary/aromatic N) is 1. The normalized spacial score (nSPS) is 24.5. The van der Waals surface area contributed by atoms with Gasteiger partial charge >= 0.3 is 18.3 Å². The number of aromatic amines is 1. The highest BCUT2D eigenvalue weighted by molar-refractivity contribution is 8.09. The van der Waals surface area contributed by atoms with E-state index >= 15 is 4.39 Å². The molecule has 16 heteroatoms. The van der Waals surface area contributed by atoms with Gasteiger partial charge in [-0.25, -0.2) is 23.1 Å². The number of nitrogens with one attached hydrogen (secondary N) is 2. The van der Waals surface area contributed by atoms with Crippen molar-refractivity contribution in [1.29, 1.82) is 0 Å². The van der Waals surface area contributed by atoms with E-state index in [1.54, 1.807) is 44.2 Å². The second-order valence-electron chi connectivity index (χ2n) is 9.88. The third kappa shape index (κ3) is 6.77. The van der Waals surface area contributed by atoms with Crippen LogP contribution in [0.4, 0.5) is 13.2 Å². The molecule has 4 rings (SSSR count). The smallest absolute Gasteiger partial charge is 0.330 e. The number of hydrogen-bond donors (Lipinski definition) is 3. The summed E-state index contributed by atoms with van der Waals surface area (Å²) in [7, 11) is 0. The van der Waals surface area contributed by atoms with E-state index in [-0.39, 0.29) is 5.75 Å². The van der Waals surface area contributed by atoms with Crippen LogP contribution in [0, 0.1) is 0 Å². The first kappa shape index (κ1) is 31.9. The number of carbonyl (C=O) groups excluding carboxylic acids is 1. The number of fused-ring (bicyclic) bond motifs is 1. The standard InChI is InChI=1S/C26H29F3N3O8PS/c1-14(2)38-23(35)15(3)31-41(42,40-18-9-8-16-6-4-5-7-17(16)12-18)37-13-26(24(28)29)21(34)20(27)22(39-26)32-11-10-19(33)30-25(32)36/h4-12,14-15,20-22,24,34H,13H2,1-3H3,(H,31,42)(H,30,33,36)/t15-,20+,21-,22+,26+,41?/m0/s1. The van der Waals surface area contributed by atoms with Crippen LogP contribution in [-0.4, -0.2) is 63.7 Å². The first-order chi connectivity index (χ1) is 19.7. The molecule has 0 amide bonds. The molecule has 2 aromatic carbocycles. The Balaban J connectivity index is 1.65. The maximum absolute atomic E-state index is 15.2. The van der Waals surface area contributed by atoms with E-state index in [4.69, 9.17) is 30.3 Å². The monoisotopic (exact) mass is 631 g/mol. The minimum absolute atomic E-state index is 0.175. The quantitative estimate of drug-likeness (QED) is 0.214. The van der Waals surface area contributed by atoms with Gasteiger partial charge in [-0.2, -0.15) is 0 Å². The number of carbonyl (C=O) groups is 1. The van der Waals surface area contributed by atoms with Crippen LogP contribution in [0.3, 0.4) is 0 Å². The number of benzene rings is 2. The van der Waals surface area contributed by atoms with Gasteiger partial charge in [-0.1, -0.05) is 30.3 Å². The molecule has 1 fully saturated rings. The molecule has 0 bridgehead atoms. The number of esters is 1. The van der Waals surface area contributed by atoms with Crippen LogP contribution >= 0.6 is 6.64 Å². The van der Waals surface area contributed by atoms with Crippen molar-refractivity contribution in [3.8, 4) is 5.75 Å². The first-order valence-electron chi connectivity index (χ1n) is 12.8. The van der Waals surface area contributed by atoms with E-state index in [0.29, 0.717) is 4.57 Å². The Hall–Kier alpha value is -3.07. The maximum Gasteiger partial charge on any atom is 0.330 e. The van der Waals surface area contributed by atoms with Crippen LogP contribution < -0.4 is 20.9 Å². The van der Waals surface area contributed by atoms with Crippen molar-refractivity contribution >= 4 is 35.2 Å². The maximum atomic E-state index is 15.2. The topological polar surface area (TPSA) is 141 Å². The molecule has 3 N–H and O–H groups in total. The molecule has 0 aliphatic carbocycles. The van der Waals surface area contributed by atoms with E-state index in [2.05, 4.69) is 5.09 Å². The van der Waals surface area contributed by atoms with E-state index in [0.717, 1.165) is 23.0 Å². The number of aliphatic hydroxyl groups excluding tert-OH is 1. The molecule has 0 spiro atoms. The van der Waals surface area contributed by atoms with Crippen molar-refractivity contribution in [3.05, 3.63) is 75.6 Å². The summed E-state index contributed by atoms with van der Waals surface area (Å²) in [5.41, 5.74) is -4.96. The summed E-state index contributed by atoms with van der Waals surface area (Å²) < 4.78 is 66.9. The first-order valence-corrected chi connectivity index (χ1v) is 15.4. The lowest BCUT2D eigenvalue weighted by Crippen LogP contribution is -2.52. The number of halogens is 3. The van der Waals surface area contributed by atoms with Crippen molar-refractivity contribution < 1.29 is 41.6 Å². The van der Waals surface area contributed by atoms with Gasteiger partial charge in [-0.05, 0) is 55.5 Å². The van der Waals surface area contributed by atoms with E-state index in [9.17, 15) is 28.3 Å². The number of alkyl halides is 3. The van der Waals surface area contributed by atoms with Gasteiger partial charge in [0.1, 0.15) is 17.9 Å². The largest absolute Gasteiger partial charge is 0.462 e. The molecule has 1 aromatic heterocycles. The van der Waals surface area contributed by atoms with Crippen LogP contribution in [0.25, 0.3) is 10.8 Å². The average Bonchev–Trinajstić information content (AvgIpc) is 3.17. The summed E-state index contributed by atoms with van der Waals surface area (Å²) in [5, 5.41) is 15.0. The summed E-state index contributed by atoms with van der Waals surface area (Å²) in [6.45, 7) is -0.483. The Morgan fingerprint density at radius 3 is 2.52 bits per heavy atom. The molecule has 228 valence electrons. The zero-order valence-electron chi connectivity index (χ0n) is 22.6. The molecule has 1 unspecified atom stereocenters. The second-order valence-corrected chi connectivity index (χ2v) is 13.0. The summed E-state index contributed by atoms with van der Waals surface area (Å²) in [6, 6.07) is 11.9. The predicted molar refractivity (Wildman–Crippen MR) is 150 cm³/mol. The lowest BCUT2D eigenvalue weighted by Gasteiger charge is -2.34. The highest BCUT2D eigenvalue weighted by Gasteiger charge is 2.62. The average molecular weight is 632 g/mol. The highest BCUT2D eigenvalue weighted by atomic mass is 32.5. The fourth-order valence-corrected chi connectivity index (χ4v) is 6.66. The van der Waals surface area contributed by atoms with Crippen molar-refractivity contribution in [2.75, 3.05) is 6.61 Å². The predicted octanol–water partition coefficient (Wildman–Crippen LogP) is 3.17. The zero-order valence-corrected chi connectivity index (χ0v) is 24.3. The molecule has 0 saturated carbocycles. The third-order valence-corrected chi connectivity index (χ3v) is 8.85. The Bertz CT molecular complexity index is 1600. The fraction of sp³-hybridized carbons (Fsp3) is 0.423. The van der Waals surface area contributed by atoms with Crippen molar-refractivity contribution in [2.45, 2.75) is 63.4 Å². The molecule has 0 radical (unpaired) electrons. The molecule has 6 atom stereocenters. The van der Waals surface area contributed by atoms with Crippen molar-refractivity contribution in [2.24, 2.45) is 0 Å². The van der Waals surface area contributed by atoms with Crippen LogP contribution in [0.1, 0.15) is 27.0 Å². The lowest BCUT2D eigenvalue weighted by atomic mass is 9.97. The number of H-pyrrole nitrogens is 1. The van der Waals surface area contributed by atoms with E-state index in [1.807, 2.05) is 17.1 Å². The summed E-state index contributed by atoms with van der Waals surface area (Å²) in [6.07, 6.45) is -10.2. The minimum atomic E-state index is -3.94. The molecule has 3 aromatic rings. The zero-order chi connectivity index (χ0) is 30.8. The number of hydrogen-bond acceptors (Lipinski definition) is 9. The van der Waals surface area contributed by atoms with Crippen LogP contribution in [0.15, 0.2) is 64.3 Å². The van der Waals surface area contributed by atoms with E-state index < -0.39 is 73.1 Å². The Morgan fingerprint density at radius 1 is 1.19 bits per heavy atom. The molecule has 11 nitrogen and oxygen atoms in total. The van der Waals surface area contributed by atoms with E-state index in [1.165, 1.54) is 6.92 Å². The number of rotatable bonds is 11. The van der Waals surface area contributed by atoms with Crippen molar-refractivity contribution in [1.82, 2.24) is 14.6 Å².